The van der Waals surface area contributed by atoms with Crippen LogP contribution in [0.15, 0.2) is 24.3 Å². The summed E-state index contributed by atoms with van der Waals surface area (Å²) in [4.78, 5) is 12.0. The van der Waals surface area contributed by atoms with Gasteiger partial charge in [-0.15, -0.1) is 0 Å². The van der Waals surface area contributed by atoms with Gasteiger partial charge < -0.3 is 15.4 Å². The fourth-order valence-corrected chi connectivity index (χ4v) is 2.67. The van der Waals surface area contributed by atoms with Gasteiger partial charge in [0.05, 0.1) is 12.5 Å². The fraction of sp³-hybridized carbons (Fsp3) is 0.588. The maximum absolute atomic E-state index is 12.0. The number of carbonyl (C=O) groups excluding carboxylic acids is 1. The van der Waals surface area contributed by atoms with E-state index in [0.717, 1.165) is 38.1 Å². The number of hydrogen-bond acceptors (Lipinski definition) is 3. The quantitative estimate of drug-likeness (QED) is 0.845. The molecule has 2 unspecified atom stereocenters. The van der Waals surface area contributed by atoms with Gasteiger partial charge in [-0.2, -0.15) is 0 Å². The van der Waals surface area contributed by atoms with Crippen LogP contribution in [0.4, 0.5) is 5.69 Å². The number of amides is 1. The van der Waals surface area contributed by atoms with Gasteiger partial charge in [0.15, 0.2) is 0 Å². The highest BCUT2D eigenvalue weighted by Gasteiger charge is 2.17. The van der Waals surface area contributed by atoms with E-state index in [-0.39, 0.29) is 12.0 Å². The average Bonchev–Trinajstić information content (AvgIpc) is 2.49. The Morgan fingerprint density at radius 2 is 2.10 bits per heavy atom. The van der Waals surface area contributed by atoms with Gasteiger partial charge in [0.2, 0.25) is 5.91 Å². The third-order valence-corrected chi connectivity index (χ3v) is 3.89. The second-order valence-corrected chi connectivity index (χ2v) is 5.64. The van der Waals surface area contributed by atoms with Crippen LogP contribution in [0.1, 0.15) is 51.1 Å². The Kier molecular flexibility index (Phi) is 6.21. The second kappa shape index (κ2) is 8.15. The first-order valence-corrected chi connectivity index (χ1v) is 7.94. The first-order chi connectivity index (χ1) is 10.2. The summed E-state index contributed by atoms with van der Waals surface area (Å²) in [6.45, 7) is 5.96. The lowest BCUT2D eigenvalue weighted by Gasteiger charge is -2.22. The van der Waals surface area contributed by atoms with Crippen molar-refractivity contribution < 1.29 is 9.53 Å². The minimum atomic E-state index is 0.0365. The van der Waals surface area contributed by atoms with Crippen LogP contribution in [-0.4, -0.2) is 25.2 Å². The van der Waals surface area contributed by atoms with E-state index >= 15 is 0 Å². The molecule has 1 amide bonds. The molecular weight excluding hydrogens is 264 g/mol. The molecule has 1 aliphatic rings. The van der Waals surface area contributed by atoms with Crippen molar-refractivity contribution >= 4 is 11.6 Å². The smallest absolute Gasteiger partial charge is 0.226 e. The molecule has 2 atom stereocenters. The van der Waals surface area contributed by atoms with Gasteiger partial charge in [-0.1, -0.05) is 19.1 Å². The molecule has 21 heavy (non-hydrogen) atoms. The Morgan fingerprint density at radius 3 is 2.71 bits per heavy atom. The van der Waals surface area contributed by atoms with E-state index in [9.17, 15) is 4.79 Å². The molecule has 116 valence electrons. The van der Waals surface area contributed by atoms with Crippen molar-refractivity contribution in [2.75, 3.05) is 18.5 Å². The molecule has 0 aliphatic carbocycles. The molecule has 1 aromatic carbocycles. The van der Waals surface area contributed by atoms with Crippen LogP contribution in [0.3, 0.4) is 0 Å². The van der Waals surface area contributed by atoms with Crippen LogP contribution in [0.5, 0.6) is 0 Å². The molecule has 1 aliphatic heterocycles. The largest absolute Gasteiger partial charge is 0.378 e. The molecule has 4 nitrogen and oxygen atoms in total. The fourth-order valence-electron chi connectivity index (χ4n) is 2.67. The molecule has 2 rings (SSSR count). The number of rotatable bonds is 6. The van der Waals surface area contributed by atoms with E-state index in [1.807, 2.05) is 12.1 Å². The highest BCUT2D eigenvalue weighted by Crippen LogP contribution is 2.18. The highest BCUT2D eigenvalue weighted by molar-refractivity contribution is 5.91. The van der Waals surface area contributed by atoms with Gasteiger partial charge in [-0.3, -0.25) is 4.79 Å². The lowest BCUT2D eigenvalue weighted by Crippen LogP contribution is -2.25. The van der Waals surface area contributed by atoms with Gasteiger partial charge >= 0.3 is 0 Å². The molecule has 0 saturated carbocycles. The van der Waals surface area contributed by atoms with Crippen LogP contribution in [0, 0.1) is 0 Å². The van der Waals surface area contributed by atoms with Crippen LogP contribution in [0.25, 0.3) is 0 Å². The monoisotopic (exact) mass is 290 g/mol. The van der Waals surface area contributed by atoms with Crippen molar-refractivity contribution in [2.45, 2.75) is 51.7 Å². The molecule has 0 bridgehead atoms. The molecule has 4 heteroatoms. The summed E-state index contributed by atoms with van der Waals surface area (Å²) in [5.74, 6) is 0.0365. The molecule has 1 heterocycles. The number of ether oxygens (including phenoxy) is 1. The van der Waals surface area contributed by atoms with Crippen molar-refractivity contribution in [3.63, 3.8) is 0 Å². The van der Waals surface area contributed by atoms with Crippen LogP contribution < -0.4 is 10.6 Å². The Hall–Kier alpha value is -1.39. The van der Waals surface area contributed by atoms with Crippen molar-refractivity contribution in [3.8, 4) is 0 Å². The topological polar surface area (TPSA) is 50.4 Å². The minimum absolute atomic E-state index is 0.0365. The Morgan fingerprint density at radius 1 is 1.33 bits per heavy atom. The zero-order chi connectivity index (χ0) is 15.1. The van der Waals surface area contributed by atoms with E-state index in [1.54, 1.807) is 0 Å². The summed E-state index contributed by atoms with van der Waals surface area (Å²) in [5.41, 5.74) is 2.08. The Bertz CT molecular complexity index is 439. The summed E-state index contributed by atoms with van der Waals surface area (Å²) in [6.07, 6.45) is 3.81. The Balaban J connectivity index is 1.83. The number of benzene rings is 1. The first-order valence-electron chi connectivity index (χ1n) is 7.94. The molecular formula is C17H26N2O2. The lowest BCUT2D eigenvalue weighted by molar-refractivity contribution is -0.119. The number of anilines is 1. The van der Waals surface area contributed by atoms with Gasteiger partial charge in [0, 0.05) is 18.3 Å². The molecule has 0 radical (unpaired) electrons. The van der Waals surface area contributed by atoms with Crippen molar-refractivity contribution in [2.24, 2.45) is 0 Å². The van der Waals surface area contributed by atoms with Crippen LogP contribution in [0.2, 0.25) is 0 Å². The zero-order valence-corrected chi connectivity index (χ0v) is 13.0. The Labute approximate surface area is 127 Å². The summed E-state index contributed by atoms with van der Waals surface area (Å²) in [5, 5.41) is 6.32. The molecule has 2 N–H and O–H groups in total. The summed E-state index contributed by atoms with van der Waals surface area (Å²) < 4.78 is 5.59. The predicted octanol–water partition coefficient (Wildman–Crippen LogP) is 3.25. The molecule has 1 fully saturated rings. The third kappa shape index (κ3) is 5.14. The van der Waals surface area contributed by atoms with Gasteiger partial charge in [-0.05, 0) is 50.4 Å². The zero-order valence-electron chi connectivity index (χ0n) is 13.0. The summed E-state index contributed by atoms with van der Waals surface area (Å²) in [7, 11) is 0. The third-order valence-electron chi connectivity index (χ3n) is 3.89. The maximum Gasteiger partial charge on any atom is 0.226 e. The van der Waals surface area contributed by atoms with Crippen molar-refractivity contribution in [1.82, 2.24) is 5.32 Å². The predicted molar refractivity (Wildman–Crippen MR) is 85.4 cm³/mol. The maximum atomic E-state index is 12.0. The molecule has 1 saturated heterocycles. The van der Waals surface area contributed by atoms with E-state index in [0.29, 0.717) is 12.5 Å². The van der Waals surface area contributed by atoms with Crippen molar-refractivity contribution in [1.29, 1.82) is 0 Å². The number of nitrogens with one attached hydrogen (secondary N) is 2. The summed E-state index contributed by atoms with van der Waals surface area (Å²) >= 11 is 0. The SMILES string of the molecule is CCNC(C)c1ccc(NC(=O)CC2CCCCO2)cc1. The van der Waals surface area contributed by atoms with Gasteiger partial charge in [0.25, 0.3) is 0 Å². The minimum Gasteiger partial charge on any atom is -0.378 e. The van der Waals surface area contributed by atoms with Crippen molar-refractivity contribution in [3.05, 3.63) is 29.8 Å². The van der Waals surface area contributed by atoms with Gasteiger partial charge in [-0.25, -0.2) is 0 Å². The van der Waals surface area contributed by atoms with E-state index in [1.165, 1.54) is 5.56 Å². The van der Waals surface area contributed by atoms with E-state index in [4.69, 9.17) is 4.74 Å². The lowest BCUT2D eigenvalue weighted by atomic mass is 10.1. The van der Waals surface area contributed by atoms with Crippen LogP contribution in [-0.2, 0) is 9.53 Å². The van der Waals surface area contributed by atoms with Crippen LogP contribution >= 0.6 is 0 Å². The van der Waals surface area contributed by atoms with E-state index in [2.05, 4.69) is 36.6 Å². The summed E-state index contributed by atoms with van der Waals surface area (Å²) in [6, 6.07) is 8.36. The highest BCUT2D eigenvalue weighted by atomic mass is 16.5. The van der Waals surface area contributed by atoms with E-state index < -0.39 is 0 Å². The number of carbonyl (C=O) groups is 1. The second-order valence-electron chi connectivity index (χ2n) is 5.64. The standard InChI is InChI=1S/C17H26N2O2/c1-3-18-13(2)14-7-9-15(10-8-14)19-17(20)12-16-6-4-5-11-21-16/h7-10,13,16,18H,3-6,11-12H2,1-2H3,(H,19,20). The number of hydrogen-bond donors (Lipinski definition) is 2. The normalized spacial score (nSPS) is 20.0. The van der Waals surface area contributed by atoms with Gasteiger partial charge in [0.1, 0.15) is 0 Å². The molecule has 0 spiro atoms. The first kappa shape index (κ1) is 16.0. The molecule has 0 aromatic heterocycles. The average molecular weight is 290 g/mol. The molecule has 1 aromatic rings.